The molecular weight excluding hydrogens is 426 g/mol. The van der Waals surface area contributed by atoms with Crippen LogP contribution in [0.2, 0.25) is 5.02 Å². The predicted molar refractivity (Wildman–Crippen MR) is 103 cm³/mol. The van der Waals surface area contributed by atoms with Gasteiger partial charge in [-0.3, -0.25) is 4.72 Å². The lowest BCUT2D eigenvalue weighted by Crippen LogP contribution is -2.60. The highest BCUT2D eigenvalue weighted by Crippen LogP contribution is 2.26. The molecule has 5 N–H and O–H groups in total. The van der Waals surface area contributed by atoms with Crippen LogP contribution in [0.25, 0.3) is 0 Å². The summed E-state index contributed by atoms with van der Waals surface area (Å²) in [6.07, 6.45) is -7.02. The lowest BCUT2D eigenvalue weighted by molar-refractivity contribution is -0.277. The largest absolute Gasteiger partial charge is 0.462 e. The number of benzene rings is 2. The summed E-state index contributed by atoms with van der Waals surface area (Å²) in [5.74, 6) is 0.212. The minimum absolute atomic E-state index is 0.0449. The molecule has 5 atom stereocenters. The van der Waals surface area contributed by atoms with E-state index in [1.54, 1.807) is 0 Å². The molecule has 3 rings (SSSR count). The maximum Gasteiger partial charge on any atom is 0.261 e. The van der Waals surface area contributed by atoms with Crippen LogP contribution < -0.4 is 9.46 Å². The number of rotatable bonds is 6. The molecule has 0 radical (unpaired) electrons. The van der Waals surface area contributed by atoms with Crippen LogP contribution in [0.3, 0.4) is 0 Å². The average molecular weight is 446 g/mol. The molecule has 158 valence electrons. The first-order chi connectivity index (χ1) is 13.7. The van der Waals surface area contributed by atoms with E-state index in [1.165, 1.54) is 48.5 Å². The average Bonchev–Trinajstić information content (AvgIpc) is 2.70. The monoisotopic (exact) mass is 445 g/mol. The fraction of sp³-hybridized carbons (Fsp3) is 0.333. The summed E-state index contributed by atoms with van der Waals surface area (Å²) in [6.45, 7) is -0.573. The first-order valence-electron chi connectivity index (χ1n) is 8.57. The highest BCUT2D eigenvalue weighted by Gasteiger charge is 2.44. The lowest BCUT2D eigenvalue weighted by atomic mass is 9.99. The summed E-state index contributed by atoms with van der Waals surface area (Å²) in [4.78, 5) is 0.0449. The predicted octanol–water partition coefficient (Wildman–Crippen LogP) is 0.319. The third-order valence-electron chi connectivity index (χ3n) is 4.33. The number of aliphatic hydroxyl groups is 4. The molecule has 1 aliphatic rings. The van der Waals surface area contributed by atoms with E-state index >= 15 is 0 Å². The van der Waals surface area contributed by atoms with Crippen LogP contribution in [0.5, 0.6) is 5.75 Å². The molecule has 2 aromatic rings. The molecule has 1 aliphatic heterocycles. The molecule has 0 spiro atoms. The van der Waals surface area contributed by atoms with E-state index in [1.807, 2.05) is 0 Å². The fourth-order valence-corrected chi connectivity index (χ4v) is 3.91. The van der Waals surface area contributed by atoms with Gasteiger partial charge in [-0.05, 0) is 48.5 Å². The molecule has 0 aromatic heterocycles. The van der Waals surface area contributed by atoms with E-state index in [2.05, 4.69) is 4.72 Å². The van der Waals surface area contributed by atoms with E-state index in [0.717, 1.165) is 0 Å². The van der Waals surface area contributed by atoms with Crippen molar-refractivity contribution in [1.29, 1.82) is 0 Å². The topological polar surface area (TPSA) is 146 Å². The van der Waals surface area contributed by atoms with Gasteiger partial charge in [0.25, 0.3) is 10.0 Å². The molecule has 9 nitrogen and oxygen atoms in total. The Hall–Kier alpha value is -1.92. The van der Waals surface area contributed by atoms with E-state index in [4.69, 9.17) is 21.1 Å². The van der Waals surface area contributed by atoms with Crippen LogP contribution in [-0.2, 0) is 14.8 Å². The summed E-state index contributed by atoms with van der Waals surface area (Å²) in [7, 11) is -3.81. The minimum Gasteiger partial charge on any atom is -0.462 e. The highest BCUT2D eigenvalue weighted by molar-refractivity contribution is 7.92. The SMILES string of the molecule is O=S(=O)(Nc1ccc(O[C@H]2O[C@H](CO)[C@@H](O)[C@H](O)[C@H]2O)cc1)c1ccc(Cl)cc1. The standard InChI is InChI=1S/C18H20ClNO8S/c19-10-1-7-13(8-2-10)29(25,26)20-11-3-5-12(6-4-11)27-18-17(24)16(23)15(22)14(9-21)28-18/h1-8,14-18,20-24H,9H2/t14-,15-,16+,17-,18+/m1/s1. The van der Waals surface area contributed by atoms with Gasteiger partial charge in [-0.25, -0.2) is 8.42 Å². The molecule has 1 saturated heterocycles. The molecule has 0 unspecified atom stereocenters. The van der Waals surface area contributed by atoms with Crippen LogP contribution in [0.1, 0.15) is 0 Å². The van der Waals surface area contributed by atoms with Crippen molar-refractivity contribution in [2.24, 2.45) is 0 Å². The maximum absolute atomic E-state index is 12.4. The molecule has 0 aliphatic carbocycles. The second kappa shape index (κ2) is 8.84. The number of ether oxygens (including phenoxy) is 2. The van der Waals surface area contributed by atoms with Gasteiger partial charge < -0.3 is 29.9 Å². The van der Waals surface area contributed by atoms with Crippen LogP contribution in [0, 0.1) is 0 Å². The number of aliphatic hydroxyl groups excluding tert-OH is 4. The molecule has 2 aromatic carbocycles. The van der Waals surface area contributed by atoms with Gasteiger partial charge in [0.2, 0.25) is 6.29 Å². The number of hydrogen-bond donors (Lipinski definition) is 5. The van der Waals surface area contributed by atoms with Crippen molar-refractivity contribution in [2.75, 3.05) is 11.3 Å². The summed E-state index contributed by atoms with van der Waals surface area (Å²) in [6, 6.07) is 11.4. The van der Waals surface area contributed by atoms with Crippen LogP contribution in [0.15, 0.2) is 53.4 Å². The van der Waals surface area contributed by atoms with Gasteiger partial charge in [0, 0.05) is 10.7 Å². The van der Waals surface area contributed by atoms with E-state index in [0.29, 0.717) is 5.02 Å². The summed E-state index contributed by atoms with van der Waals surface area (Å²) >= 11 is 5.76. The Kier molecular flexibility index (Phi) is 6.64. The number of anilines is 1. The van der Waals surface area contributed by atoms with Gasteiger partial charge in [0.15, 0.2) is 0 Å². The lowest BCUT2D eigenvalue weighted by Gasteiger charge is -2.39. The molecule has 1 heterocycles. The van der Waals surface area contributed by atoms with Crippen LogP contribution >= 0.6 is 11.6 Å². The van der Waals surface area contributed by atoms with Crippen molar-refractivity contribution in [2.45, 2.75) is 35.6 Å². The molecule has 29 heavy (non-hydrogen) atoms. The molecule has 0 saturated carbocycles. The van der Waals surface area contributed by atoms with Crippen molar-refractivity contribution in [1.82, 2.24) is 0 Å². The smallest absolute Gasteiger partial charge is 0.261 e. The molecule has 0 bridgehead atoms. The fourth-order valence-electron chi connectivity index (χ4n) is 2.73. The van der Waals surface area contributed by atoms with Gasteiger partial charge in [0.05, 0.1) is 11.5 Å². The third-order valence-corrected chi connectivity index (χ3v) is 5.98. The second-order valence-corrected chi connectivity index (χ2v) is 8.52. The summed E-state index contributed by atoms with van der Waals surface area (Å²) in [5.41, 5.74) is 0.265. The van der Waals surface area contributed by atoms with E-state index in [9.17, 15) is 28.8 Å². The Labute approximate surface area is 172 Å². The quantitative estimate of drug-likeness (QED) is 0.427. The normalized spacial score (nSPS) is 27.4. The first kappa shape index (κ1) is 21.8. The zero-order chi connectivity index (χ0) is 21.2. The van der Waals surface area contributed by atoms with Crippen LogP contribution in [0.4, 0.5) is 5.69 Å². The van der Waals surface area contributed by atoms with Gasteiger partial charge in [0.1, 0.15) is 30.2 Å². The Morgan fingerprint density at radius 2 is 1.59 bits per heavy atom. The first-order valence-corrected chi connectivity index (χ1v) is 10.4. The Bertz CT molecular complexity index is 920. The maximum atomic E-state index is 12.4. The Morgan fingerprint density at radius 1 is 0.966 bits per heavy atom. The van der Waals surface area contributed by atoms with Gasteiger partial charge >= 0.3 is 0 Å². The highest BCUT2D eigenvalue weighted by atomic mass is 35.5. The molecule has 0 amide bonds. The molecule has 1 fully saturated rings. The zero-order valence-corrected chi connectivity index (χ0v) is 16.5. The number of nitrogens with one attached hydrogen (secondary N) is 1. The van der Waals surface area contributed by atoms with Gasteiger partial charge in [-0.1, -0.05) is 11.6 Å². The second-order valence-electron chi connectivity index (χ2n) is 6.40. The molecular formula is C18H20ClNO8S. The molecule has 11 heteroatoms. The van der Waals surface area contributed by atoms with Crippen molar-refractivity contribution in [3.63, 3.8) is 0 Å². The van der Waals surface area contributed by atoms with E-state index in [-0.39, 0.29) is 16.3 Å². The Balaban J connectivity index is 1.68. The number of hydrogen-bond acceptors (Lipinski definition) is 8. The van der Waals surface area contributed by atoms with Gasteiger partial charge in [-0.15, -0.1) is 0 Å². The van der Waals surface area contributed by atoms with Gasteiger partial charge in [-0.2, -0.15) is 0 Å². The minimum atomic E-state index is -3.81. The van der Waals surface area contributed by atoms with Crippen molar-refractivity contribution >= 4 is 27.3 Å². The zero-order valence-electron chi connectivity index (χ0n) is 14.9. The number of sulfonamides is 1. The van der Waals surface area contributed by atoms with Crippen molar-refractivity contribution < 1.29 is 38.3 Å². The van der Waals surface area contributed by atoms with Crippen molar-refractivity contribution in [3.05, 3.63) is 53.6 Å². The third kappa shape index (κ3) is 4.98. The van der Waals surface area contributed by atoms with E-state index < -0.39 is 47.3 Å². The summed E-state index contributed by atoms with van der Waals surface area (Å²) < 4.78 is 37.9. The van der Waals surface area contributed by atoms with Crippen molar-refractivity contribution in [3.8, 4) is 5.75 Å². The number of halogens is 1. The summed E-state index contributed by atoms with van der Waals surface area (Å²) in [5, 5.41) is 39.2. The van der Waals surface area contributed by atoms with Crippen LogP contribution in [-0.4, -0.2) is 66.2 Å². The Morgan fingerprint density at radius 3 is 2.17 bits per heavy atom.